The zero-order valence-corrected chi connectivity index (χ0v) is 8.23. The lowest BCUT2D eigenvalue weighted by Crippen LogP contribution is -2.38. The minimum absolute atomic E-state index is 0.408. The van der Waals surface area contributed by atoms with Crippen molar-refractivity contribution in [3.05, 3.63) is 0 Å². The second-order valence-corrected chi connectivity index (χ2v) is 4.12. The first-order valence-electron chi connectivity index (χ1n) is 4.09. The first-order valence-corrected chi connectivity index (χ1v) is 4.09. The van der Waals surface area contributed by atoms with Crippen molar-refractivity contribution in [2.24, 2.45) is 5.41 Å². The molecule has 10 heavy (non-hydrogen) atoms. The average Bonchev–Trinajstić information content (AvgIpc) is 1.83. The average molecular weight is 143 g/mol. The lowest BCUT2D eigenvalue weighted by Gasteiger charge is -2.34. The van der Waals surface area contributed by atoms with Gasteiger partial charge >= 0.3 is 0 Å². The summed E-state index contributed by atoms with van der Waals surface area (Å²) in [6, 6.07) is 0.664. The summed E-state index contributed by atoms with van der Waals surface area (Å²) in [7, 11) is 2.18. The second kappa shape index (κ2) is 3.38. The topological polar surface area (TPSA) is 3.24 Å². The molecule has 0 rings (SSSR count). The highest BCUT2D eigenvalue weighted by atomic mass is 15.1. The maximum Gasteiger partial charge on any atom is 0.0112 e. The third-order valence-corrected chi connectivity index (χ3v) is 2.41. The van der Waals surface area contributed by atoms with Gasteiger partial charge in [0.15, 0.2) is 0 Å². The van der Waals surface area contributed by atoms with E-state index in [1.54, 1.807) is 0 Å². The SMILES string of the molecule is CCN(C)C(C)C(C)(C)C. The van der Waals surface area contributed by atoms with Gasteiger partial charge in [0.05, 0.1) is 0 Å². The van der Waals surface area contributed by atoms with Crippen LogP contribution in [0.25, 0.3) is 0 Å². The number of hydrogen-bond donors (Lipinski definition) is 0. The van der Waals surface area contributed by atoms with E-state index in [2.05, 4.69) is 46.6 Å². The Bertz CT molecular complexity index is 91.4. The third kappa shape index (κ3) is 2.70. The van der Waals surface area contributed by atoms with Crippen molar-refractivity contribution in [3.63, 3.8) is 0 Å². The van der Waals surface area contributed by atoms with Crippen molar-refractivity contribution in [2.45, 2.75) is 40.7 Å². The summed E-state index contributed by atoms with van der Waals surface area (Å²) >= 11 is 0. The molecule has 0 aliphatic carbocycles. The fraction of sp³-hybridized carbons (Fsp3) is 1.00. The van der Waals surface area contributed by atoms with Crippen LogP contribution in [0.15, 0.2) is 0 Å². The highest BCUT2D eigenvalue weighted by Crippen LogP contribution is 2.22. The maximum atomic E-state index is 2.38. The van der Waals surface area contributed by atoms with Gasteiger partial charge in [0, 0.05) is 6.04 Å². The zero-order valence-electron chi connectivity index (χ0n) is 8.23. The van der Waals surface area contributed by atoms with E-state index in [9.17, 15) is 0 Å². The predicted molar refractivity (Wildman–Crippen MR) is 47.2 cm³/mol. The van der Waals surface area contributed by atoms with Gasteiger partial charge in [-0.3, -0.25) is 0 Å². The Balaban J connectivity index is 3.94. The molecule has 0 aromatic carbocycles. The maximum absolute atomic E-state index is 2.38. The molecule has 0 aromatic heterocycles. The quantitative estimate of drug-likeness (QED) is 0.573. The summed E-state index contributed by atoms with van der Waals surface area (Å²) in [5.41, 5.74) is 0.408. The molecule has 0 heterocycles. The Morgan fingerprint density at radius 1 is 1.30 bits per heavy atom. The van der Waals surface area contributed by atoms with Crippen LogP contribution in [-0.2, 0) is 0 Å². The molecule has 0 aliphatic heterocycles. The number of rotatable bonds is 2. The fourth-order valence-electron chi connectivity index (χ4n) is 0.935. The van der Waals surface area contributed by atoms with E-state index in [1.165, 1.54) is 0 Å². The van der Waals surface area contributed by atoms with Crippen LogP contribution in [-0.4, -0.2) is 24.5 Å². The molecule has 0 saturated carbocycles. The monoisotopic (exact) mass is 143 g/mol. The van der Waals surface area contributed by atoms with Crippen molar-refractivity contribution < 1.29 is 0 Å². The lowest BCUT2D eigenvalue weighted by molar-refractivity contribution is 0.147. The molecule has 1 heteroatoms. The van der Waals surface area contributed by atoms with Crippen LogP contribution in [0.4, 0.5) is 0 Å². The molecule has 0 amide bonds. The lowest BCUT2D eigenvalue weighted by atomic mass is 9.87. The van der Waals surface area contributed by atoms with Gasteiger partial charge in [-0.25, -0.2) is 0 Å². The number of hydrogen-bond acceptors (Lipinski definition) is 1. The summed E-state index contributed by atoms with van der Waals surface area (Å²) in [5.74, 6) is 0. The van der Waals surface area contributed by atoms with E-state index in [-0.39, 0.29) is 0 Å². The third-order valence-electron chi connectivity index (χ3n) is 2.41. The molecule has 1 unspecified atom stereocenters. The summed E-state index contributed by atoms with van der Waals surface area (Å²) in [6.07, 6.45) is 0. The molecule has 0 fully saturated rings. The van der Waals surface area contributed by atoms with Crippen LogP contribution in [0.5, 0.6) is 0 Å². The van der Waals surface area contributed by atoms with Gasteiger partial charge in [0.2, 0.25) is 0 Å². The van der Waals surface area contributed by atoms with Gasteiger partial charge in [-0.2, -0.15) is 0 Å². The van der Waals surface area contributed by atoms with Gasteiger partial charge in [0.25, 0.3) is 0 Å². The van der Waals surface area contributed by atoms with Gasteiger partial charge in [-0.05, 0) is 25.9 Å². The molecule has 0 saturated heterocycles. The number of nitrogens with zero attached hydrogens (tertiary/aromatic N) is 1. The van der Waals surface area contributed by atoms with E-state index >= 15 is 0 Å². The largest absolute Gasteiger partial charge is 0.303 e. The molecule has 0 aliphatic rings. The van der Waals surface area contributed by atoms with Crippen LogP contribution >= 0.6 is 0 Å². The van der Waals surface area contributed by atoms with Crippen molar-refractivity contribution in [3.8, 4) is 0 Å². The Morgan fingerprint density at radius 3 is 1.80 bits per heavy atom. The van der Waals surface area contributed by atoms with Crippen LogP contribution < -0.4 is 0 Å². The molecule has 1 atom stereocenters. The van der Waals surface area contributed by atoms with E-state index in [0.717, 1.165) is 6.54 Å². The summed E-state index contributed by atoms with van der Waals surface area (Å²) in [4.78, 5) is 2.38. The van der Waals surface area contributed by atoms with Crippen LogP contribution in [0.2, 0.25) is 0 Å². The molecule has 62 valence electrons. The van der Waals surface area contributed by atoms with Crippen LogP contribution in [0.1, 0.15) is 34.6 Å². The summed E-state index contributed by atoms with van der Waals surface area (Å²) < 4.78 is 0. The Morgan fingerprint density at radius 2 is 1.70 bits per heavy atom. The Kier molecular flexibility index (Phi) is 3.37. The predicted octanol–water partition coefficient (Wildman–Crippen LogP) is 2.37. The highest BCUT2D eigenvalue weighted by Gasteiger charge is 2.22. The van der Waals surface area contributed by atoms with Gasteiger partial charge in [-0.15, -0.1) is 0 Å². The summed E-state index contributed by atoms with van der Waals surface area (Å²) in [6.45, 7) is 12.5. The van der Waals surface area contributed by atoms with Crippen molar-refractivity contribution >= 4 is 0 Å². The van der Waals surface area contributed by atoms with Gasteiger partial charge < -0.3 is 4.90 Å². The molecular weight excluding hydrogens is 122 g/mol. The highest BCUT2D eigenvalue weighted by molar-refractivity contribution is 4.76. The Labute approximate surface area is 65.4 Å². The van der Waals surface area contributed by atoms with Gasteiger partial charge in [0.1, 0.15) is 0 Å². The molecular formula is C9H21N. The van der Waals surface area contributed by atoms with Crippen LogP contribution in [0.3, 0.4) is 0 Å². The van der Waals surface area contributed by atoms with Crippen molar-refractivity contribution in [1.82, 2.24) is 4.90 Å². The normalized spacial score (nSPS) is 15.9. The fourth-order valence-corrected chi connectivity index (χ4v) is 0.935. The molecule has 0 aromatic rings. The molecule has 1 nitrogen and oxygen atoms in total. The minimum Gasteiger partial charge on any atom is -0.303 e. The van der Waals surface area contributed by atoms with Crippen molar-refractivity contribution in [1.29, 1.82) is 0 Å². The molecule has 0 bridgehead atoms. The zero-order chi connectivity index (χ0) is 8.36. The van der Waals surface area contributed by atoms with Gasteiger partial charge in [-0.1, -0.05) is 27.7 Å². The summed E-state index contributed by atoms with van der Waals surface area (Å²) in [5, 5.41) is 0. The minimum atomic E-state index is 0.408. The molecule has 0 spiro atoms. The molecule has 0 N–H and O–H groups in total. The van der Waals surface area contributed by atoms with Crippen LogP contribution in [0, 0.1) is 5.41 Å². The first-order chi connectivity index (χ1) is 4.39. The van der Waals surface area contributed by atoms with E-state index < -0.39 is 0 Å². The standard InChI is InChI=1S/C9H21N/c1-7-10(6)8(2)9(3,4)5/h8H,7H2,1-6H3. The van der Waals surface area contributed by atoms with E-state index in [4.69, 9.17) is 0 Å². The smallest absolute Gasteiger partial charge is 0.0112 e. The second-order valence-electron chi connectivity index (χ2n) is 4.12. The molecule has 0 radical (unpaired) electrons. The van der Waals surface area contributed by atoms with E-state index in [0.29, 0.717) is 11.5 Å². The van der Waals surface area contributed by atoms with E-state index in [1.807, 2.05) is 0 Å². The first kappa shape index (κ1) is 9.96. The Hall–Kier alpha value is -0.0400. The van der Waals surface area contributed by atoms with Crippen molar-refractivity contribution in [2.75, 3.05) is 13.6 Å².